The summed E-state index contributed by atoms with van der Waals surface area (Å²) in [7, 11) is -1.67. The minimum Gasteiger partial charge on any atom is -0.497 e. The highest BCUT2D eigenvalue weighted by atomic mass is 32.2. The zero-order valence-corrected chi connectivity index (χ0v) is 14.8. The molecule has 0 radical (unpaired) electrons. The second-order valence-corrected chi connectivity index (χ2v) is 7.92. The molecule has 6 heteroatoms. The lowest BCUT2D eigenvalue weighted by Crippen LogP contribution is -2.44. The quantitative estimate of drug-likeness (QED) is 0.835. The first-order valence-corrected chi connectivity index (χ1v) is 9.63. The third-order valence-corrected chi connectivity index (χ3v) is 6.06. The Morgan fingerprint density at radius 1 is 1.04 bits per heavy atom. The second kappa shape index (κ2) is 6.73. The summed E-state index contributed by atoms with van der Waals surface area (Å²) < 4.78 is 31.7. The molecule has 0 amide bonds. The molecule has 3 rings (SSSR count). The lowest BCUT2D eigenvalue weighted by Gasteiger charge is -2.38. The fraction of sp³-hybridized carbons (Fsp3) is 0.333. The molecule has 0 unspecified atom stereocenters. The molecule has 1 heterocycles. The van der Waals surface area contributed by atoms with Crippen LogP contribution in [0.2, 0.25) is 0 Å². The number of methoxy groups -OCH3 is 1. The van der Waals surface area contributed by atoms with Gasteiger partial charge in [-0.2, -0.15) is 0 Å². The summed E-state index contributed by atoms with van der Waals surface area (Å²) in [5, 5.41) is 0. The van der Waals surface area contributed by atoms with Gasteiger partial charge in [-0.15, -0.1) is 0 Å². The molecule has 24 heavy (non-hydrogen) atoms. The number of benzene rings is 2. The third kappa shape index (κ3) is 3.19. The maximum atomic E-state index is 12.4. The summed E-state index contributed by atoms with van der Waals surface area (Å²) in [4.78, 5) is 2.20. The normalized spacial score (nSPS) is 14.4. The van der Waals surface area contributed by atoms with E-state index in [1.54, 1.807) is 14.0 Å². The van der Waals surface area contributed by atoms with Crippen molar-refractivity contribution in [3.63, 3.8) is 0 Å². The van der Waals surface area contributed by atoms with Crippen LogP contribution in [0.15, 0.2) is 48.5 Å². The smallest absolute Gasteiger partial charge is 0.235 e. The number of hydrogen-bond acceptors (Lipinski definition) is 4. The fourth-order valence-electron chi connectivity index (χ4n) is 2.96. The molecule has 2 aromatic rings. The van der Waals surface area contributed by atoms with Crippen molar-refractivity contribution in [1.82, 2.24) is 0 Å². The van der Waals surface area contributed by atoms with Crippen LogP contribution in [0.25, 0.3) is 0 Å². The molecule has 0 N–H and O–H groups in total. The van der Waals surface area contributed by atoms with Crippen molar-refractivity contribution in [3.8, 4) is 5.75 Å². The van der Waals surface area contributed by atoms with E-state index in [0.717, 1.165) is 23.7 Å². The Morgan fingerprint density at radius 3 is 2.46 bits per heavy atom. The molecule has 5 nitrogen and oxygen atoms in total. The summed E-state index contributed by atoms with van der Waals surface area (Å²) in [6.45, 7) is 3.52. The van der Waals surface area contributed by atoms with Gasteiger partial charge in [-0.05, 0) is 24.6 Å². The number of anilines is 2. The van der Waals surface area contributed by atoms with Gasteiger partial charge in [-0.3, -0.25) is 4.31 Å². The summed E-state index contributed by atoms with van der Waals surface area (Å²) >= 11 is 0. The Bertz CT molecular complexity index is 806. The Labute approximate surface area is 143 Å². The van der Waals surface area contributed by atoms with Crippen molar-refractivity contribution in [3.05, 3.63) is 54.1 Å². The van der Waals surface area contributed by atoms with Crippen LogP contribution in [-0.2, 0) is 16.6 Å². The van der Waals surface area contributed by atoms with Crippen LogP contribution in [0.3, 0.4) is 0 Å². The van der Waals surface area contributed by atoms with E-state index < -0.39 is 10.0 Å². The van der Waals surface area contributed by atoms with Gasteiger partial charge in [0.25, 0.3) is 0 Å². The van der Waals surface area contributed by atoms with Crippen LogP contribution in [0, 0.1) is 0 Å². The lowest BCUT2D eigenvalue weighted by atomic mass is 10.1. The van der Waals surface area contributed by atoms with Gasteiger partial charge in [0, 0.05) is 19.2 Å². The Kier molecular flexibility index (Phi) is 4.66. The van der Waals surface area contributed by atoms with E-state index in [2.05, 4.69) is 17.0 Å². The van der Waals surface area contributed by atoms with Crippen LogP contribution >= 0.6 is 0 Å². The third-order valence-electron chi connectivity index (χ3n) is 4.28. The van der Waals surface area contributed by atoms with E-state index in [4.69, 9.17) is 4.74 Å². The van der Waals surface area contributed by atoms with Gasteiger partial charge >= 0.3 is 0 Å². The zero-order chi connectivity index (χ0) is 17.2. The maximum Gasteiger partial charge on any atom is 0.235 e. The monoisotopic (exact) mass is 346 g/mol. The average Bonchev–Trinajstić information content (AvgIpc) is 2.62. The van der Waals surface area contributed by atoms with Gasteiger partial charge in [0.2, 0.25) is 10.0 Å². The van der Waals surface area contributed by atoms with Crippen molar-refractivity contribution in [2.24, 2.45) is 0 Å². The summed E-state index contributed by atoms with van der Waals surface area (Å²) in [5.41, 5.74) is 2.80. The van der Waals surface area contributed by atoms with Gasteiger partial charge in [-0.25, -0.2) is 8.42 Å². The van der Waals surface area contributed by atoms with E-state index in [-0.39, 0.29) is 5.75 Å². The second-order valence-electron chi connectivity index (χ2n) is 5.73. The number of ether oxygens (including phenoxy) is 1. The molecule has 0 bridgehead atoms. The van der Waals surface area contributed by atoms with E-state index in [1.807, 2.05) is 36.4 Å². The van der Waals surface area contributed by atoms with E-state index in [0.29, 0.717) is 13.1 Å². The van der Waals surface area contributed by atoms with Crippen LogP contribution < -0.4 is 13.9 Å². The zero-order valence-electron chi connectivity index (χ0n) is 14.0. The van der Waals surface area contributed by atoms with Crippen molar-refractivity contribution >= 4 is 21.4 Å². The molecule has 1 aliphatic heterocycles. The van der Waals surface area contributed by atoms with Gasteiger partial charge in [0.05, 0.1) is 30.8 Å². The fourth-order valence-corrected chi connectivity index (χ4v) is 4.09. The molecule has 0 atom stereocenters. The van der Waals surface area contributed by atoms with Gasteiger partial charge < -0.3 is 9.64 Å². The van der Waals surface area contributed by atoms with Gasteiger partial charge in [0.15, 0.2) is 0 Å². The number of sulfonamides is 1. The predicted octanol–water partition coefficient (Wildman–Crippen LogP) is 2.87. The lowest BCUT2D eigenvalue weighted by molar-refractivity contribution is 0.414. The molecular weight excluding hydrogens is 324 g/mol. The first kappa shape index (κ1) is 16.6. The van der Waals surface area contributed by atoms with E-state index in [1.165, 1.54) is 9.87 Å². The Hall–Kier alpha value is -2.21. The summed E-state index contributed by atoms with van der Waals surface area (Å²) in [6.07, 6.45) is 0. The molecule has 0 aromatic heterocycles. The highest BCUT2D eigenvalue weighted by Gasteiger charge is 2.30. The standard InChI is InChI=1S/C18H22N2O3S/c1-3-24(21,22)20-12-11-19(14-15-7-5-4-6-8-15)18-13-16(23-2)9-10-17(18)20/h4-10,13H,3,11-12,14H2,1-2H3. The van der Waals surface area contributed by atoms with Crippen LogP contribution in [0.1, 0.15) is 12.5 Å². The minimum atomic E-state index is -3.28. The summed E-state index contributed by atoms with van der Waals surface area (Å²) in [6, 6.07) is 15.7. The molecule has 2 aromatic carbocycles. The molecule has 0 spiro atoms. The number of rotatable bonds is 5. The Balaban J connectivity index is 2.01. The Morgan fingerprint density at radius 2 is 1.79 bits per heavy atom. The van der Waals surface area contributed by atoms with E-state index >= 15 is 0 Å². The topological polar surface area (TPSA) is 49.9 Å². The molecule has 0 saturated carbocycles. The van der Waals surface area contributed by atoms with E-state index in [9.17, 15) is 8.42 Å². The van der Waals surface area contributed by atoms with Gasteiger partial charge in [0.1, 0.15) is 5.75 Å². The predicted molar refractivity (Wildman–Crippen MR) is 97.3 cm³/mol. The molecule has 0 aliphatic carbocycles. The van der Waals surface area contributed by atoms with Crippen LogP contribution in [0.5, 0.6) is 5.75 Å². The number of nitrogens with zero attached hydrogens (tertiary/aromatic N) is 2. The number of fused-ring (bicyclic) bond motifs is 1. The molecule has 1 aliphatic rings. The molecule has 0 saturated heterocycles. The van der Waals surface area contributed by atoms with Crippen molar-refractivity contribution in [2.75, 3.05) is 35.2 Å². The van der Waals surface area contributed by atoms with Crippen LogP contribution in [-0.4, -0.2) is 34.4 Å². The largest absolute Gasteiger partial charge is 0.497 e. The first-order chi connectivity index (χ1) is 11.5. The molecule has 128 valence electrons. The SMILES string of the molecule is CCS(=O)(=O)N1CCN(Cc2ccccc2)c2cc(OC)ccc21. The minimum absolute atomic E-state index is 0.0944. The maximum absolute atomic E-state index is 12.4. The summed E-state index contributed by atoms with van der Waals surface area (Å²) in [5.74, 6) is 0.819. The highest BCUT2D eigenvalue weighted by Crippen LogP contribution is 2.38. The average molecular weight is 346 g/mol. The van der Waals surface area contributed by atoms with Crippen molar-refractivity contribution in [1.29, 1.82) is 0 Å². The highest BCUT2D eigenvalue weighted by molar-refractivity contribution is 7.92. The van der Waals surface area contributed by atoms with Crippen molar-refractivity contribution < 1.29 is 13.2 Å². The van der Waals surface area contributed by atoms with Gasteiger partial charge in [-0.1, -0.05) is 30.3 Å². The molecule has 0 fully saturated rings. The van der Waals surface area contributed by atoms with Crippen LogP contribution in [0.4, 0.5) is 11.4 Å². The van der Waals surface area contributed by atoms with Crippen molar-refractivity contribution in [2.45, 2.75) is 13.5 Å². The first-order valence-electron chi connectivity index (χ1n) is 8.02. The molecular formula is C18H22N2O3S. The number of hydrogen-bond donors (Lipinski definition) is 0.